The molecule has 0 bridgehead atoms. The van der Waals surface area contributed by atoms with Crippen LogP contribution < -0.4 is 10.2 Å². The molecule has 1 aliphatic rings. The fraction of sp³-hybridized carbons (Fsp3) is 0.786. The van der Waals surface area contributed by atoms with Gasteiger partial charge in [-0.05, 0) is 32.7 Å². The molecule has 1 amide bonds. The molecule has 1 aromatic rings. The van der Waals surface area contributed by atoms with Gasteiger partial charge in [-0.3, -0.25) is 4.79 Å². The Hall–Kier alpha value is -1.63. The quantitative estimate of drug-likeness (QED) is 0.814. The van der Waals surface area contributed by atoms with E-state index >= 15 is 0 Å². The van der Waals surface area contributed by atoms with Crippen molar-refractivity contribution in [2.24, 2.45) is 0 Å². The van der Waals surface area contributed by atoms with Crippen LogP contribution in [0.4, 0.5) is 6.01 Å². The van der Waals surface area contributed by atoms with E-state index in [0.717, 1.165) is 38.9 Å². The highest BCUT2D eigenvalue weighted by atomic mass is 16.4. The van der Waals surface area contributed by atoms with Crippen molar-refractivity contribution in [2.45, 2.75) is 39.2 Å². The molecule has 21 heavy (non-hydrogen) atoms. The molecule has 118 valence electrons. The minimum absolute atomic E-state index is 0.0221. The van der Waals surface area contributed by atoms with Gasteiger partial charge in [-0.25, -0.2) is 0 Å². The molecule has 0 saturated carbocycles. The summed E-state index contributed by atoms with van der Waals surface area (Å²) in [6, 6.07) is 0.413. The third-order valence-electron chi connectivity index (χ3n) is 3.66. The lowest BCUT2D eigenvalue weighted by molar-refractivity contribution is -0.128. The molecular formula is C14H25N5O2. The van der Waals surface area contributed by atoms with Crippen LogP contribution in [0.1, 0.15) is 45.0 Å². The lowest BCUT2D eigenvalue weighted by atomic mass is 10.3. The molecule has 1 fully saturated rings. The van der Waals surface area contributed by atoms with Crippen molar-refractivity contribution in [2.75, 3.05) is 38.1 Å². The van der Waals surface area contributed by atoms with Crippen LogP contribution in [0.25, 0.3) is 0 Å². The molecule has 0 aromatic carbocycles. The fourth-order valence-corrected chi connectivity index (χ4v) is 2.34. The Bertz CT molecular complexity index is 456. The topological polar surface area (TPSA) is 74.5 Å². The van der Waals surface area contributed by atoms with Gasteiger partial charge in [0.05, 0.1) is 6.04 Å². The van der Waals surface area contributed by atoms with Crippen molar-refractivity contribution in [3.8, 4) is 0 Å². The number of anilines is 1. The van der Waals surface area contributed by atoms with Crippen molar-refractivity contribution in [3.05, 3.63) is 5.89 Å². The second-order valence-corrected chi connectivity index (χ2v) is 5.54. The normalized spacial score (nSPS) is 16.2. The highest BCUT2D eigenvalue weighted by Gasteiger charge is 2.22. The molecule has 1 atom stereocenters. The van der Waals surface area contributed by atoms with Gasteiger partial charge < -0.3 is 19.5 Å². The Kier molecular flexibility index (Phi) is 5.55. The van der Waals surface area contributed by atoms with Gasteiger partial charge in [0.2, 0.25) is 11.8 Å². The Morgan fingerprint density at radius 2 is 2.14 bits per heavy atom. The van der Waals surface area contributed by atoms with Crippen LogP contribution in [0.15, 0.2) is 4.42 Å². The van der Waals surface area contributed by atoms with Gasteiger partial charge in [0.1, 0.15) is 6.54 Å². The van der Waals surface area contributed by atoms with Gasteiger partial charge >= 0.3 is 6.01 Å². The third kappa shape index (κ3) is 4.17. The highest BCUT2D eigenvalue weighted by molar-refractivity contribution is 5.80. The van der Waals surface area contributed by atoms with Gasteiger partial charge in [-0.1, -0.05) is 12.0 Å². The minimum Gasteiger partial charge on any atom is -0.406 e. The van der Waals surface area contributed by atoms with Crippen LogP contribution in [0, 0.1) is 0 Å². The van der Waals surface area contributed by atoms with Crippen molar-refractivity contribution < 1.29 is 9.21 Å². The fourth-order valence-electron chi connectivity index (χ4n) is 2.34. The number of nitrogens with zero attached hydrogens (tertiary/aromatic N) is 4. The first-order valence-electron chi connectivity index (χ1n) is 7.67. The van der Waals surface area contributed by atoms with E-state index in [2.05, 4.69) is 22.4 Å². The summed E-state index contributed by atoms with van der Waals surface area (Å²) in [5.41, 5.74) is 0. The number of likely N-dealkylation sites (N-methyl/N-ethyl adjacent to an activating group) is 1. The van der Waals surface area contributed by atoms with Crippen LogP contribution in [0.2, 0.25) is 0 Å². The van der Waals surface area contributed by atoms with Gasteiger partial charge in [-0.15, -0.1) is 5.10 Å². The molecule has 1 aliphatic heterocycles. The summed E-state index contributed by atoms with van der Waals surface area (Å²) in [6.07, 6.45) is 3.25. The number of amides is 1. The SMILES string of the molecule is CCCNC(C)c1nnc(N(C)CC(=O)N2CCCC2)o1. The smallest absolute Gasteiger partial charge is 0.318 e. The van der Waals surface area contributed by atoms with Crippen LogP contribution in [-0.2, 0) is 4.79 Å². The lowest BCUT2D eigenvalue weighted by Gasteiger charge is -2.19. The zero-order valence-electron chi connectivity index (χ0n) is 13.1. The average Bonchev–Trinajstić information content (AvgIpc) is 3.14. The second kappa shape index (κ2) is 7.40. The number of likely N-dealkylation sites (tertiary alicyclic amines) is 1. The van der Waals surface area contributed by atoms with Gasteiger partial charge in [-0.2, -0.15) is 0 Å². The minimum atomic E-state index is 0.0221. The predicted octanol–water partition coefficient (Wildman–Crippen LogP) is 1.19. The number of hydrogen-bond acceptors (Lipinski definition) is 6. The Balaban J connectivity index is 1.88. The van der Waals surface area contributed by atoms with E-state index in [-0.39, 0.29) is 18.5 Å². The summed E-state index contributed by atoms with van der Waals surface area (Å²) in [6.45, 7) is 7.00. The summed E-state index contributed by atoms with van der Waals surface area (Å²) < 4.78 is 5.64. The molecule has 1 N–H and O–H groups in total. The molecule has 2 rings (SSSR count). The van der Waals surface area contributed by atoms with E-state index < -0.39 is 0 Å². The van der Waals surface area contributed by atoms with Crippen molar-refractivity contribution in [3.63, 3.8) is 0 Å². The zero-order valence-corrected chi connectivity index (χ0v) is 13.1. The molecule has 2 heterocycles. The number of aromatic nitrogens is 2. The van der Waals surface area contributed by atoms with Crippen LogP contribution in [-0.4, -0.2) is 54.2 Å². The van der Waals surface area contributed by atoms with E-state index in [9.17, 15) is 4.79 Å². The zero-order chi connectivity index (χ0) is 15.2. The van der Waals surface area contributed by atoms with E-state index in [1.165, 1.54) is 0 Å². The largest absolute Gasteiger partial charge is 0.406 e. The van der Waals surface area contributed by atoms with Crippen LogP contribution in [0.3, 0.4) is 0 Å². The Morgan fingerprint density at radius 3 is 2.81 bits per heavy atom. The standard InChI is InChI=1S/C14H25N5O2/c1-4-7-15-11(2)13-16-17-14(21-13)18(3)10-12(20)19-8-5-6-9-19/h11,15H,4-10H2,1-3H3. The first-order chi connectivity index (χ1) is 10.1. The average molecular weight is 295 g/mol. The first-order valence-corrected chi connectivity index (χ1v) is 7.67. The molecule has 0 spiro atoms. The summed E-state index contributed by atoms with van der Waals surface area (Å²) in [5.74, 6) is 0.672. The van der Waals surface area contributed by atoms with E-state index in [4.69, 9.17) is 4.42 Å². The summed E-state index contributed by atoms with van der Waals surface area (Å²) in [7, 11) is 1.80. The van der Waals surface area contributed by atoms with E-state index in [1.54, 1.807) is 11.9 Å². The molecule has 0 radical (unpaired) electrons. The number of carbonyl (C=O) groups is 1. The summed E-state index contributed by atoms with van der Waals surface area (Å²) >= 11 is 0. The number of carbonyl (C=O) groups excluding carboxylic acids is 1. The number of nitrogens with one attached hydrogen (secondary N) is 1. The third-order valence-corrected chi connectivity index (χ3v) is 3.66. The Morgan fingerprint density at radius 1 is 1.43 bits per heavy atom. The predicted molar refractivity (Wildman–Crippen MR) is 80.1 cm³/mol. The highest BCUT2D eigenvalue weighted by Crippen LogP contribution is 2.17. The summed E-state index contributed by atoms with van der Waals surface area (Å²) in [5, 5.41) is 11.4. The maximum atomic E-state index is 12.1. The monoisotopic (exact) mass is 295 g/mol. The van der Waals surface area contributed by atoms with Gasteiger partial charge in [0, 0.05) is 20.1 Å². The van der Waals surface area contributed by atoms with Gasteiger partial charge in [0.25, 0.3) is 0 Å². The first kappa shape index (κ1) is 15.8. The Labute approximate surface area is 125 Å². The lowest BCUT2D eigenvalue weighted by Crippen LogP contribution is -2.37. The van der Waals surface area contributed by atoms with Crippen molar-refractivity contribution in [1.29, 1.82) is 0 Å². The maximum absolute atomic E-state index is 12.1. The van der Waals surface area contributed by atoms with Crippen LogP contribution in [0.5, 0.6) is 0 Å². The van der Waals surface area contributed by atoms with Crippen LogP contribution >= 0.6 is 0 Å². The molecule has 7 heteroatoms. The maximum Gasteiger partial charge on any atom is 0.318 e. The van der Waals surface area contributed by atoms with E-state index in [0.29, 0.717) is 11.9 Å². The van der Waals surface area contributed by atoms with E-state index in [1.807, 2.05) is 11.8 Å². The number of hydrogen-bond donors (Lipinski definition) is 1. The molecule has 0 aliphatic carbocycles. The molecule has 1 unspecified atom stereocenters. The molecule has 7 nitrogen and oxygen atoms in total. The molecule has 1 aromatic heterocycles. The van der Waals surface area contributed by atoms with Crippen molar-refractivity contribution >= 4 is 11.9 Å². The summed E-state index contributed by atoms with van der Waals surface area (Å²) in [4.78, 5) is 15.7. The van der Waals surface area contributed by atoms with Crippen molar-refractivity contribution in [1.82, 2.24) is 20.4 Å². The molecule has 1 saturated heterocycles. The van der Waals surface area contributed by atoms with Gasteiger partial charge in [0.15, 0.2) is 0 Å². The molecular weight excluding hydrogens is 270 g/mol. The second-order valence-electron chi connectivity index (χ2n) is 5.54. The number of rotatable bonds is 7.